The number of carbonyl (C=O) groups is 2. The standard InChI is InChI=1S/C18H25N5O2/c1-21-11-13-22(14-12-21)10-9-19-18(25)16-7-8-17(24)23(20-16)15-5-3-2-4-6-15/h2-6H,7-14H2,1H3,(H,19,25). The SMILES string of the molecule is CN1CCN(CCNC(=O)C2=NN(c3ccccc3)C(=O)CC2)CC1. The van der Waals surface area contributed by atoms with Gasteiger partial charge in [-0.25, -0.2) is 5.01 Å². The first-order valence-corrected chi connectivity index (χ1v) is 8.78. The van der Waals surface area contributed by atoms with Gasteiger partial charge in [-0.2, -0.15) is 5.10 Å². The second kappa shape index (κ2) is 8.22. The van der Waals surface area contributed by atoms with Crippen molar-refractivity contribution < 1.29 is 9.59 Å². The number of amides is 2. The van der Waals surface area contributed by atoms with Crippen molar-refractivity contribution in [3.8, 4) is 0 Å². The maximum absolute atomic E-state index is 12.4. The number of anilines is 1. The van der Waals surface area contributed by atoms with Crippen molar-refractivity contribution >= 4 is 23.2 Å². The molecular formula is C18H25N5O2. The van der Waals surface area contributed by atoms with Gasteiger partial charge in [-0.15, -0.1) is 0 Å². The largest absolute Gasteiger partial charge is 0.350 e. The summed E-state index contributed by atoms with van der Waals surface area (Å²) >= 11 is 0. The summed E-state index contributed by atoms with van der Waals surface area (Å²) < 4.78 is 0. The van der Waals surface area contributed by atoms with Crippen LogP contribution in [0.5, 0.6) is 0 Å². The molecule has 134 valence electrons. The number of likely N-dealkylation sites (N-methyl/N-ethyl adjacent to an activating group) is 1. The van der Waals surface area contributed by atoms with Crippen LogP contribution in [0.2, 0.25) is 0 Å². The number of carbonyl (C=O) groups excluding carboxylic acids is 2. The molecule has 2 aliphatic heterocycles. The summed E-state index contributed by atoms with van der Waals surface area (Å²) in [6, 6.07) is 9.21. The molecule has 2 aliphatic rings. The molecule has 0 aromatic heterocycles. The van der Waals surface area contributed by atoms with Gasteiger partial charge in [-0.3, -0.25) is 14.5 Å². The molecular weight excluding hydrogens is 318 g/mol. The van der Waals surface area contributed by atoms with Crippen LogP contribution >= 0.6 is 0 Å². The molecule has 3 rings (SSSR count). The van der Waals surface area contributed by atoms with Crippen molar-refractivity contribution in [2.45, 2.75) is 12.8 Å². The van der Waals surface area contributed by atoms with E-state index in [0.717, 1.165) is 32.7 Å². The Balaban J connectivity index is 1.53. The van der Waals surface area contributed by atoms with Crippen LogP contribution in [0.4, 0.5) is 5.69 Å². The zero-order chi connectivity index (χ0) is 17.6. The van der Waals surface area contributed by atoms with Gasteiger partial charge in [0.15, 0.2) is 0 Å². The molecule has 0 saturated carbocycles. The van der Waals surface area contributed by atoms with E-state index < -0.39 is 0 Å². The van der Waals surface area contributed by atoms with Crippen molar-refractivity contribution in [2.24, 2.45) is 5.10 Å². The average Bonchev–Trinajstić information content (AvgIpc) is 2.64. The summed E-state index contributed by atoms with van der Waals surface area (Å²) in [5, 5.41) is 8.54. The molecule has 1 fully saturated rings. The average molecular weight is 343 g/mol. The van der Waals surface area contributed by atoms with Crippen LogP contribution in [0.25, 0.3) is 0 Å². The third-order valence-corrected chi connectivity index (χ3v) is 4.60. The number of nitrogens with zero attached hydrogens (tertiary/aromatic N) is 4. The van der Waals surface area contributed by atoms with Crippen molar-refractivity contribution in [3.05, 3.63) is 30.3 Å². The van der Waals surface area contributed by atoms with Crippen LogP contribution in [0.3, 0.4) is 0 Å². The number of rotatable bonds is 5. The van der Waals surface area contributed by atoms with Gasteiger partial charge in [0.1, 0.15) is 5.71 Å². The second-order valence-electron chi connectivity index (χ2n) is 6.49. The fourth-order valence-corrected chi connectivity index (χ4v) is 2.99. The molecule has 0 atom stereocenters. The summed E-state index contributed by atoms with van der Waals surface area (Å²) in [4.78, 5) is 29.1. The number of hydrazone groups is 1. The van der Waals surface area contributed by atoms with Gasteiger partial charge in [0.05, 0.1) is 5.69 Å². The fraction of sp³-hybridized carbons (Fsp3) is 0.500. The van der Waals surface area contributed by atoms with Crippen LogP contribution in [0.1, 0.15) is 12.8 Å². The highest BCUT2D eigenvalue weighted by Crippen LogP contribution is 2.19. The van der Waals surface area contributed by atoms with Crippen LogP contribution < -0.4 is 10.3 Å². The third-order valence-electron chi connectivity index (χ3n) is 4.60. The lowest BCUT2D eigenvalue weighted by Gasteiger charge is -2.32. The molecule has 1 saturated heterocycles. The van der Waals surface area contributed by atoms with E-state index in [1.807, 2.05) is 30.3 Å². The number of para-hydroxylation sites is 1. The second-order valence-corrected chi connectivity index (χ2v) is 6.49. The van der Waals surface area contributed by atoms with Crippen LogP contribution in [-0.4, -0.2) is 73.6 Å². The predicted octanol–water partition coefficient (Wildman–Crippen LogP) is 0.533. The lowest BCUT2D eigenvalue weighted by molar-refractivity contribution is -0.118. The first-order chi connectivity index (χ1) is 12.1. The van der Waals surface area contributed by atoms with E-state index in [1.165, 1.54) is 5.01 Å². The molecule has 1 aromatic carbocycles. The summed E-state index contributed by atoms with van der Waals surface area (Å²) in [7, 11) is 2.13. The number of hydrogen-bond donors (Lipinski definition) is 1. The topological polar surface area (TPSA) is 68.2 Å². The van der Waals surface area contributed by atoms with Crippen molar-refractivity contribution in [1.29, 1.82) is 0 Å². The van der Waals surface area contributed by atoms with E-state index in [4.69, 9.17) is 0 Å². The molecule has 0 aliphatic carbocycles. The number of benzene rings is 1. The first-order valence-electron chi connectivity index (χ1n) is 8.78. The van der Waals surface area contributed by atoms with Gasteiger partial charge in [-0.1, -0.05) is 18.2 Å². The molecule has 25 heavy (non-hydrogen) atoms. The van der Waals surface area contributed by atoms with Gasteiger partial charge in [0.25, 0.3) is 5.91 Å². The van der Waals surface area contributed by atoms with E-state index in [1.54, 1.807) is 0 Å². The summed E-state index contributed by atoms with van der Waals surface area (Å²) in [6.45, 7) is 5.63. The summed E-state index contributed by atoms with van der Waals surface area (Å²) in [5.41, 5.74) is 1.11. The Morgan fingerprint density at radius 1 is 1.12 bits per heavy atom. The zero-order valence-electron chi connectivity index (χ0n) is 14.6. The molecule has 0 radical (unpaired) electrons. The minimum Gasteiger partial charge on any atom is -0.350 e. The quantitative estimate of drug-likeness (QED) is 0.847. The molecule has 0 bridgehead atoms. The predicted molar refractivity (Wildman–Crippen MR) is 97.5 cm³/mol. The monoisotopic (exact) mass is 343 g/mol. The van der Waals surface area contributed by atoms with Crippen molar-refractivity contribution in [1.82, 2.24) is 15.1 Å². The fourth-order valence-electron chi connectivity index (χ4n) is 2.99. The Hall–Kier alpha value is -2.25. The Morgan fingerprint density at radius 2 is 1.84 bits per heavy atom. The minimum absolute atomic E-state index is 0.0832. The van der Waals surface area contributed by atoms with Crippen LogP contribution in [0, 0.1) is 0 Å². The Labute approximate surface area is 148 Å². The molecule has 1 N–H and O–H groups in total. The molecule has 7 heteroatoms. The van der Waals surface area contributed by atoms with E-state index in [2.05, 4.69) is 27.3 Å². The molecule has 1 aromatic rings. The van der Waals surface area contributed by atoms with Crippen LogP contribution in [0.15, 0.2) is 35.4 Å². The molecule has 0 unspecified atom stereocenters. The lowest BCUT2D eigenvalue weighted by Crippen LogP contribution is -2.47. The highest BCUT2D eigenvalue weighted by molar-refractivity contribution is 6.40. The summed E-state index contributed by atoms with van der Waals surface area (Å²) in [6.07, 6.45) is 0.697. The maximum Gasteiger partial charge on any atom is 0.267 e. The molecule has 0 spiro atoms. The van der Waals surface area contributed by atoms with Gasteiger partial charge >= 0.3 is 0 Å². The highest BCUT2D eigenvalue weighted by atomic mass is 16.2. The molecule has 7 nitrogen and oxygen atoms in total. The Morgan fingerprint density at radius 3 is 2.56 bits per heavy atom. The van der Waals surface area contributed by atoms with Crippen molar-refractivity contribution in [2.75, 3.05) is 51.3 Å². The third kappa shape index (κ3) is 4.64. The van der Waals surface area contributed by atoms with Gasteiger partial charge in [-0.05, 0) is 19.2 Å². The van der Waals surface area contributed by atoms with E-state index in [9.17, 15) is 9.59 Å². The summed E-state index contributed by atoms with van der Waals surface area (Å²) in [5.74, 6) is -0.261. The van der Waals surface area contributed by atoms with Crippen molar-refractivity contribution in [3.63, 3.8) is 0 Å². The Kier molecular flexibility index (Phi) is 5.78. The van der Waals surface area contributed by atoms with Gasteiger partial charge < -0.3 is 10.2 Å². The number of hydrogen-bond acceptors (Lipinski definition) is 5. The van der Waals surface area contributed by atoms with Gasteiger partial charge in [0.2, 0.25) is 5.91 Å². The number of piperazine rings is 1. The van der Waals surface area contributed by atoms with E-state index in [0.29, 0.717) is 30.8 Å². The normalized spacial score (nSPS) is 19.6. The van der Waals surface area contributed by atoms with Crippen LogP contribution in [-0.2, 0) is 9.59 Å². The molecule has 2 heterocycles. The number of nitrogens with one attached hydrogen (secondary N) is 1. The van der Waals surface area contributed by atoms with Gasteiger partial charge in [0, 0.05) is 52.1 Å². The lowest BCUT2D eigenvalue weighted by atomic mass is 10.1. The first kappa shape index (κ1) is 17.6. The molecule has 2 amide bonds. The Bertz CT molecular complexity index is 638. The van der Waals surface area contributed by atoms with E-state index in [-0.39, 0.29) is 11.8 Å². The smallest absolute Gasteiger partial charge is 0.267 e. The zero-order valence-corrected chi connectivity index (χ0v) is 14.6. The highest BCUT2D eigenvalue weighted by Gasteiger charge is 2.25. The minimum atomic E-state index is -0.178. The van der Waals surface area contributed by atoms with E-state index >= 15 is 0 Å². The maximum atomic E-state index is 12.4.